The van der Waals surface area contributed by atoms with Crippen LogP contribution in [-0.2, 0) is 9.53 Å². The zero-order chi connectivity index (χ0) is 19.4. The van der Waals surface area contributed by atoms with E-state index >= 15 is 0 Å². The van der Waals surface area contributed by atoms with Crippen LogP contribution < -0.4 is 0 Å². The molecule has 0 aromatic rings. The minimum absolute atomic E-state index is 0.146. The molecule has 1 heterocycles. The van der Waals surface area contributed by atoms with E-state index in [1.165, 1.54) is 0 Å². The second kappa shape index (κ2) is 13.0. The predicted octanol–water partition coefficient (Wildman–Crippen LogP) is 2.77. The van der Waals surface area contributed by atoms with Gasteiger partial charge in [0.1, 0.15) is 0 Å². The van der Waals surface area contributed by atoms with Crippen molar-refractivity contribution in [1.82, 2.24) is 0 Å². The first-order chi connectivity index (χ1) is 12.4. The largest absolute Gasteiger partial charge is 0.481 e. The van der Waals surface area contributed by atoms with Gasteiger partial charge in [0, 0.05) is 18.8 Å². The first-order valence-electron chi connectivity index (χ1n) is 9.68. The number of allylic oxidation sites excluding steroid dienone is 2. The van der Waals surface area contributed by atoms with Crippen LogP contribution in [0.15, 0.2) is 24.3 Å². The number of carbonyl (C=O) groups is 1. The van der Waals surface area contributed by atoms with E-state index in [0.717, 1.165) is 19.3 Å². The van der Waals surface area contributed by atoms with Gasteiger partial charge in [-0.25, -0.2) is 0 Å². The zero-order valence-corrected chi connectivity index (χ0v) is 15.7. The molecule has 0 aromatic heterocycles. The number of aliphatic hydroxyl groups excluding tert-OH is 3. The number of rotatable bonds is 12. The highest BCUT2D eigenvalue weighted by Crippen LogP contribution is 2.29. The average molecular weight is 370 g/mol. The normalized spacial score (nSPS) is 28.0. The summed E-state index contributed by atoms with van der Waals surface area (Å²) in [6.45, 7) is 2.11. The minimum Gasteiger partial charge on any atom is -0.481 e. The Morgan fingerprint density at radius 2 is 2.00 bits per heavy atom. The summed E-state index contributed by atoms with van der Waals surface area (Å²) in [5, 5.41) is 38.7. The molecule has 6 heteroatoms. The lowest BCUT2D eigenvalue weighted by molar-refractivity contribution is -0.199. The molecule has 0 aromatic carbocycles. The maximum Gasteiger partial charge on any atom is 0.303 e. The van der Waals surface area contributed by atoms with Gasteiger partial charge in [0.25, 0.3) is 0 Å². The number of carboxylic acids is 1. The summed E-state index contributed by atoms with van der Waals surface area (Å²) < 4.78 is 5.54. The van der Waals surface area contributed by atoms with Gasteiger partial charge in [0.05, 0.1) is 18.3 Å². The molecule has 0 spiro atoms. The van der Waals surface area contributed by atoms with E-state index in [0.29, 0.717) is 25.7 Å². The Kier molecular flexibility index (Phi) is 11.4. The van der Waals surface area contributed by atoms with Crippen molar-refractivity contribution in [1.29, 1.82) is 0 Å². The van der Waals surface area contributed by atoms with Crippen molar-refractivity contribution in [2.75, 3.05) is 0 Å². The standard InChI is InChI=1S/C20H34O6/c1-2-3-6-9-15(21)12-13-18-16(17(22)14-20(25)26-18)10-7-4-5-8-11-19(23)24/h4,7,12-13,15-18,20-22,25H,2-3,5-6,8-11,14H2,1H3,(H,23,24)/b7-4-,13-12+/t15-,16-,17-,18+,20+/m0/s1. The number of aliphatic hydroxyl groups is 3. The van der Waals surface area contributed by atoms with E-state index < -0.39 is 30.6 Å². The molecule has 1 aliphatic rings. The molecule has 0 amide bonds. The van der Waals surface area contributed by atoms with Crippen molar-refractivity contribution in [2.45, 2.75) is 89.3 Å². The number of hydrogen-bond acceptors (Lipinski definition) is 5. The number of unbranched alkanes of at least 4 members (excludes halogenated alkanes) is 3. The molecule has 6 nitrogen and oxygen atoms in total. The molecule has 0 aliphatic carbocycles. The molecule has 0 radical (unpaired) electrons. The van der Waals surface area contributed by atoms with E-state index in [9.17, 15) is 20.1 Å². The van der Waals surface area contributed by atoms with Gasteiger partial charge in [-0.2, -0.15) is 0 Å². The van der Waals surface area contributed by atoms with Crippen molar-refractivity contribution >= 4 is 5.97 Å². The lowest BCUT2D eigenvalue weighted by Gasteiger charge is -2.36. The molecule has 0 bridgehead atoms. The van der Waals surface area contributed by atoms with Crippen molar-refractivity contribution in [3.63, 3.8) is 0 Å². The minimum atomic E-state index is -1.01. The van der Waals surface area contributed by atoms with Crippen LogP contribution in [0.1, 0.15) is 64.7 Å². The third-order valence-electron chi connectivity index (χ3n) is 4.64. The molecular formula is C20H34O6. The predicted molar refractivity (Wildman–Crippen MR) is 99.5 cm³/mol. The Morgan fingerprint density at radius 3 is 2.69 bits per heavy atom. The Labute approximate surface area is 156 Å². The van der Waals surface area contributed by atoms with Crippen molar-refractivity contribution in [3.8, 4) is 0 Å². The molecule has 1 aliphatic heterocycles. The van der Waals surface area contributed by atoms with E-state index in [-0.39, 0.29) is 18.8 Å². The van der Waals surface area contributed by atoms with Gasteiger partial charge in [-0.1, -0.05) is 50.5 Å². The molecule has 26 heavy (non-hydrogen) atoms. The maximum atomic E-state index is 10.5. The molecule has 150 valence electrons. The lowest BCUT2D eigenvalue weighted by Crippen LogP contribution is -2.43. The molecule has 5 atom stereocenters. The summed E-state index contributed by atoms with van der Waals surface area (Å²) in [7, 11) is 0. The van der Waals surface area contributed by atoms with Gasteiger partial charge in [0.2, 0.25) is 0 Å². The fourth-order valence-electron chi connectivity index (χ4n) is 3.10. The summed E-state index contributed by atoms with van der Waals surface area (Å²) in [4.78, 5) is 10.5. The second-order valence-electron chi connectivity index (χ2n) is 6.96. The van der Waals surface area contributed by atoms with Crippen molar-refractivity contribution in [3.05, 3.63) is 24.3 Å². The molecular weight excluding hydrogens is 336 g/mol. The summed E-state index contributed by atoms with van der Waals surface area (Å²) in [6.07, 6.45) is 10.5. The Balaban J connectivity index is 2.52. The Hall–Kier alpha value is -1.21. The molecule has 0 saturated carbocycles. The number of aliphatic carboxylic acids is 1. The first-order valence-corrected chi connectivity index (χ1v) is 9.68. The highest BCUT2D eigenvalue weighted by atomic mass is 16.6. The van der Waals surface area contributed by atoms with E-state index in [2.05, 4.69) is 6.92 Å². The first kappa shape index (κ1) is 22.8. The van der Waals surface area contributed by atoms with E-state index in [4.69, 9.17) is 9.84 Å². The van der Waals surface area contributed by atoms with Crippen LogP contribution in [0.25, 0.3) is 0 Å². The topological polar surface area (TPSA) is 107 Å². The quantitative estimate of drug-likeness (QED) is 0.311. The monoisotopic (exact) mass is 370 g/mol. The van der Waals surface area contributed by atoms with E-state index in [1.807, 2.05) is 12.2 Å². The van der Waals surface area contributed by atoms with E-state index in [1.54, 1.807) is 12.2 Å². The molecule has 1 fully saturated rings. The van der Waals surface area contributed by atoms with Crippen LogP contribution >= 0.6 is 0 Å². The molecule has 4 N–H and O–H groups in total. The van der Waals surface area contributed by atoms with Gasteiger partial charge in [-0.15, -0.1) is 0 Å². The molecule has 1 rings (SSSR count). The Morgan fingerprint density at radius 1 is 1.23 bits per heavy atom. The summed E-state index contributed by atoms with van der Waals surface area (Å²) in [5.74, 6) is -1.00. The summed E-state index contributed by atoms with van der Waals surface area (Å²) in [6, 6.07) is 0. The fourth-order valence-corrected chi connectivity index (χ4v) is 3.10. The summed E-state index contributed by atoms with van der Waals surface area (Å²) >= 11 is 0. The van der Waals surface area contributed by atoms with Crippen molar-refractivity contribution in [2.24, 2.45) is 5.92 Å². The van der Waals surface area contributed by atoms with Gasteiger partial charge < -0.3 is 25.2 Å². The van der Waals surface area contributed by atoms with Gasteiger partial charge in [0.15, 0.2) is 6.29 Å². The lowest BCUT2D eigenvalue weighted by atomic mass is 9.87. The van der Waals surface area contributed by atoms with Crippen LogP contribution in [0.5, 0.6) is 0 Å². The second-order valence-corrected chi connectivity index (χ2v) is 6.96. The zero-order valence-electron chi connectivity index (χ0n) is 15.7. The summed E-state index contributed by atoms with van der Waals surface area (Å²) in [5.41, 5.74) is 0. The van der Waals surface area contributed by atoms with Gasteiger partial charge >= 0.3 is 5.97 Å². The molecule has 1 saturated heterocycles. The number of hydrogen-bond donors (Lipinski definition) is 4. The highest BCUT2D eigenvalue weighted by molar-refractivity contribution is 5.66. The van der Waals surface area contributed by atoms with Crippen LogP contribution in [0.2, 0.25) is 0 Å². The number of ether oxygens (including phenoxy) is 1. The SMILES string of the molecule is CCCCC[C@H](O)/C=C/[C@H]1O[C@@H](O)C[C@H](O)[C@@H]1C/C=C\CCCC(=O)O. The maximum absolute atomic E-state index is 10.5. The van der Waals surface area contributed by atoms with Crippen LogP contribution in [0.4, 0.5) is 0 Å². The van der Waals surface area contributed by atoms with Gasteiger partial charge in [-0.05, 0) is 25.7 Å². The van der Waals surface area contributed by atoms with Crippen LogP contribution in [0.3, 0.4) is 0 Å². The van der Waals surface area contributed by atoms with Gasteiger partial charge in [-0.3, -0.25) is 4.79 Å². The highest BCUT2D eigenvalue weighted by Gasteiger charge is 2.35. The van der Waals surface area contributed by atoms with Crippen LogP contribution in [-0.4, -0.2) is 51.0 Å². The van der Waals surface area contributed by atoms with Crippen LogP contribution in [0, 0.1) is 5.92 Å². The van der Waals surface area contributed by atoms with Crippen molar-refractivity contribution < 1.29 is 30.0 Å². The smallest absolute Gasteiger partial charge is 0.303 e. The number of carboxylic acid groups (broad SMARTS) is 1. The Bertz CT molecular complexity index is 448. The fraction of sp³-hybridized carbons (Fsp3) is 0.750. The average Bonchev–Trinajstić information content (AvgIpc) is 2.57. The third-order valence-corrected chi connectivity index (χ3v) is 4.64. The molecule has 0 unspecified atom stereocenters. The third kappa shape index (κ3) is 9.48.